The molecule has 25 heavy (non-hydrogen) atoms. The number of anilines is 1. The molecule has 136 valence electrons. The molecule has 2 unspecified atom stereocenters. The van der Waals surface area contributed by atoms with E-state index in [0.717, 1.165) is 24.1 Å². The van der Waals surface area contributed by atoms with Gasteiger partial charge in [0.2, 0.25) is 0 Å². The number of nitriles is 1. The lowest BCUT2D eigenvalue weighted by Crippen LogP contribution is -2.49. The summed E-state index contributed by atoms with van der Waals surface area (Å²) in [5.74, 6) is 0. The Morgan fingerprint density at radius 2 is 1.88 bits per heavy atom. The van der Waals surface area contributed by atoms with Crippen molar-refractivity contribution >= 4 is 11.7 Å². The van der Waals surface area contributed by atoms with Crippen molar-refractivity contribution in [2.24, 2.45) is 0 Å². The zero-order valence-corrected chi connectivity index (χ0v) is 12.6. The topological polar surface area (TPSA) is 67.6 Å². The minimum Gasteiger partial charge on any atom is -0.382 e. The first-order valence-corrected chi connectivity index (χ1v) is 6.78. The van der Waals surface area contributed by atoms with Gasteiger partial charge in [-0.3, -0.25) is 4.90 Å². The summed E-state index contributed by atoms with van der Waals surface area (Å²) in [6, 6.07) is 0.646. The van der Waals surface area contributed by atoms with Gasteiger partial charge in [-0.2, -0.15) is 31.6 Å². The first-order chi connectivity index (χ1) is 11.4. The third-order valence-electron chi connectivity index (χ3n) is 3.73. The van der Waals surface area contributed by atoms with Crippen molar-refractivity contribution in [2.45, 2.75) is 24.5 Å². The lowest BCUT2D eigenvalue weighted by molar-refractivity contribution is -0.208. The third-order valence-corrected chi connectivity index (χ3v) is 3.73. The standard InChI is InChI=1S/C14H11F6N3O2/c1-22-6-10(11(24)14(18,19)20)23(12(22)25)8-3-2-7(5-21)9(4-8)13(15,16)17/h2-4,10-11,24H,6H2,1H3. The fourth-order valence-electron chi connectivity index (χ4n) is 2.54. The molecule has 1 aliphatic rings. The summed E-state index contributed by atoms with van der Waals surface area (Å²) in [5.41, 5.74) is -2.60. The maximum atomic E-state index is 13.0. The monoisotopic (exact) mass is 367 g/mol. The molecule has 1 N–H and O–H groups in total. The quantitative estimate of drug-likeness (QED) is 0.818. The molecule has 0 radical (unpaired) electrons. The number of halogens is 6. The smallest absolute Gasteiger partial charge is 0.382 e. The fourth-order valence-corrected chi connectivity index (χ4v) is 2.54. The van der Waals surface area contributed by atoms with E-state index in [4.69, 9.17) is 5.26 Å². The highest BCUT2D eigenvalue weighted by atomic mass is 19.4. The van der Waals surface area contributed by atoms with Crippen LogP contribution in [0.5, 0.6) is 0 Å². The van der Waals surface area contributed by atoms with Gasteiger partial charge in [-0.05, 0) is 18.2 Å². The second kappa shape index (κ2) is 6.11. The highest BCUT2D eigenvalue weighted by Gasteiger charge is 2.51. The average Bonchev–Trinajstić information content (AvgIpc) is 2.79. The molecular weight excluding hydrogens is 356 g/mol. The zero-order chi connectivity index (χ0) is 19.2. The molecule has 0 aliphatic carbocycles. The van der Waals surface area contributed by atoms with Gasteiger partial charge in [-0.25, -0.2) is 4.79 Å². The summed E-state index contributed by atoms with van der Waals surface area (Å²) in [6.45, 7) is -0.527. The van der Waals surface area contributed by atoms with Crippen molar-refractivity contribution in [2.75, 3.05) is 18.5 Å². The molecule has 1 heterocycles. The molecule has 1 aromatic carbocycles. The molecule has 2 amide bonds. The van der Waals surface area contributed by atoms with Gasteiger partial charge in [0.05, 0.1) is 23.2 Å². The largest absolute Gasteiger partial charge is 0.417 e. The molecule has 2 rings (SSSR count). The Morgan fingerprint density at radius 1 is 1.28 bits per heavy atom. The molecule has 5 nitrogen and oxygen atoms in total. The average molecular weight is 367 g/mol. The molecule has 1 aliphatic heterocycles. The van der Waals surface area contributed by atoms with E-state index in [1.165, 1.54) is 6.07 Å². The molecule has 1 aromatic rings. The van der Waals surface area contributed by atoms with E-state index >= 15 is 0 Å². The Kier molecular flexibility index (Phi) is 4.61. The van der Waals surface area contributed by atoms with Crippen molar-refractivity contribution in [3.63, 3.8) is 0 Å². The van der Waals surface area contributed by atoms with Crippen LogP contribution in [0.3, 0.4) is 0 Å². The predicted molar refractivity (Wildman–Crippen MR) is 72.5 cm³/mol. The number of hydrogen-bond donors (Lipinski definition) is 1. The summed E-state index contributed by atoms with van der Waals surface area (Å²) >= 11 is 0. The number of nitrogens with zero attached hydrogens (tertiary/aromatic N) is 3. The summed E-state index contributed by atoms with van der Waals surface area (Å²) in [5, 5.41) is 18.2. The second-order valence-electron chi connectivity index (χ2n) is 5.43. The van der Waals surface area contributed by atoms with E-state index in [9.17, 15) is 36.2 Å². The van der Waals surface area contributed by atoms with E-state index in [-0.39, 0.29) is 0 Å². The van der Waals surface area contributed by atoms with E-state index in [2.05, 4.69) is 0 Å². The number of urea groups is 1. The van der Waals surface area contributed by atoms with Crippen LogP contribution in [0.15, 0.2) is 18.2 Å². The SMILES string of the molecule is CN1CC(C(O)C(F)(F)F)N(c2ccc(C#N)c(C(F)(F)F)c2)C1=O. The normalized spacial score (nSPS) is 20.0. The predicted octanol–water partition coefficient (Wildman–Crippen LogP) is 2.74. The summed E-state index contributed by atoms with van der Waals surface area (Å²) < 4.78 is 77.5. The number of carbonyl (C=O) groups excluding carboxylic acids is 1. The maximum absolute atomic E-state index is 13.0. The fraction of sp³-hybridized carbons (Fsp3) is 0.429. The minimum absolute atomic E-state index is 0.422. The first kappa shape index (κ1) is 18.9. The van der Waals surface area contributed by atoms with E-state index in [1.54, 1.807) is 0 Å². The lowest BCUT2D eigenvalue weighted by Gasteiger charge is -2.28. The van der Waals surface area contributed by atoms with Crippen molar-refractivity contribution in [3.8, 4) is 6.07 Å². The van der Waals surface area contributed by atoms with Gasteiger partial charge in [-0.15, -0.1) is 0 Å². The number of carbonyl (C=O) groups is 1. The number of aliphatic hydroxyl groups excluding tert-OH is 1. The van der Waals surface area contributed by atoms with Crippen LogP contribution in [0.4, 0.5) is 36.8 Å². The van der Waals surface area contributed by atoms with Crippen LogP contribution in [0.2, 0.25) is 0 Å². The lowest BCUT2D eigenvalue weighted by atomic mass is 10.0. The van der Waals surface area contributed by atoms with Gasteiger partial charge >= 0.3 is 18.4 Å². The van der Waals surface area contributed by atoms with Crippen molar-refractivity contribution in [3.05, 3.63) is 29.3 Å². The van der Waals surface area contributed by atoms with Gasteiger partial charge in [-0.1, -0.05) is 0 Å². The summed E-state index contributed by atoms with van der Waals surface area (Å²) in [4.78, 5) is 13.4. The van der Waals surface area contributed by atoms with Crippen molar-refractivity contribution < 1.29 is 36.2 Å². The number of likely N-dealkylation sites (N-methyl/N-ethyl adjacent to an activating group) is 1. The molecule has 0 bridgehead atoms. The van der Waals surface area contributed by atoms with Crippen LogP contribution in [-0.4, -0.2) is 48.0 Å². The van der Waals surface area contributed by atoms with Crippen LogP contribution in [0.1, 0.15) is 11.1 Å². The highest BCUT2D eigenvalue weighted by molar-refractivity contribution is 5.95. The minimum atomic E-state index is -5.06. The molecule has 0 saturated carbocycles. The zero-order valence-electron chi connectivity index (χ0n) is 12.6. The van der Waals surface area contributed by atoms with Crippen molar-refractivity contribution in [1.82, 2.24) is 4.90 Å². The molecule has 11 heteroatoms. The van der Waals surface area contributed by atoms with Crippen LogP contribution < -0.4 is 4.90 Å². The number of alkyl halides is 6. The van der Waals surface area contributed by atoms with Gasteiger partial charge in [0.25, 0.3) is 0 Å². The number of aliphatic hydroxyl groups is 1. The van der Waals surface area contributed by atoms with Crippen molar-refractivity contribution in [1.29, 1.82) is 5.26 Å². The molecule has 1 saturated heterocycles. The molecule has 0 spiro atoms. The number of hydrogen-bond acceptors (Lipinski definition) is 3. The Labute approximate surface area is 137 Å². The molecular formula is C14H11F6N3O2. The van der Waals surface area contributed by atoms with E-state index in [1.807, 2.05) is 0 Å². The van der Waals surface area contributed by atoms with Crippen LogP contribution >= 0.6 is 0 Å². The van der Waals surface area contributed by atoms with Crippen LogP contribution in [0, 0.1) is 11.3 Å². The Hall–Kier alpha value is -2.48. The number of amides is 2. The second-order valence-corrected chi connectivity index (χ2v) is 5.43. The maximum Gasteiger partial charge on any atom is 0.417 e. The van der Waals surface area contributed by atoms with Gasteiger partial charge < -0.3 is 10.0 Å². The molecule has 1 fully saturated rings. The summed E-state index contributed by atoms with van der Waals surface area (Å²) in [6.07, 6.45) is -12.9. The van der Waals surface area contributed by atoms with E-state index in [0.29, 0.717) is 11.0 Å². The van der Waals surface area contributed by atoms with Crippen LogP contribution in [0.25, 0.3) is 0 Å². The highest BCUT2D eigenvalue weighted by Crippen LogP contribution is 2.37. The Morgan fingerprint density at radius 3 is 2.36 bits per heavy atom. The Balaban J connectivity index is 2.54. The molecule has 2 atom stereocenters. The van der Waals surface area contributed by atoms with E-state index < -0.39 is 53.9 Å². The molecule has 0 aromatic heterocycles. The number of rotatable bonds is 2. The van der Waals surface area contributed by atoms with Gasteiger partial charge in [0, 0.05) is 19.3 Å². The van der Waals surface area contributed by atoms with Crippen LogP contribution in [-0.2, 0) is 6.18 Å². The number of benzene rings is 1. The van der Waals surface area contributed by atoms with Gasteiger partial charge in [0.15, 0.2) is 6.10 Å². The Bertz CT molecular complexity index is 725. The summed E-state index contributed by atoms with van der Waals surface area (Å²) in [7, 11) is 1.16. The first-order valence-electron chi connectivity index (χ1n) is 6.78. The van der Waals surface area contributed by atoms with Gasteiger partial charge in [0.1, 0.15) is 0 Å². The third kappa shape index (κ3) is 3.48.